The van der Waals surface area contributed by atoms with E-state index < -0.39 is 6.04 Å². The lowest BCUT2D eigenvalue weighted by molar-refractivity contribution is -0.141. The Labute approximate surface area is 215 Å². The average molecular weight is 487 g/mol. The molecule has 0 saturated heterocycles. The lowest BCUT2D eigenvalue weighted by atomic mass is 10.0. The second-order valence-corrected chi connectivity index (χ2v) is 9.62. The van der Waals surface area contributed by atoms with Gasteiger partial charge in [0.05, 0.1) is 6.61 Å². The van der Waals surface area contributed by atoms with Crippen molar-refractivity contribution < 1.29 is 14.3 Å². The first kappa shape index (κ1) is 27.0. The van der Waals surface area contributed by atoms with Crippen molar-refractivity contribution in [2.45, 2.75) is 52.6 Å². The summed E-state index contributed by atoms with van der Waals surface area (Å²) in [5, 5.41) is 3.06. The summed E-state index contributed by atoms with van der Waals surface area (Å²) in [6, 6.07) is 27.0. The van der Waals surface area contributed by atoms with Gasteiger partial charge in [0.1, 0.15) is 11.8 Å². The van der Waals surface area contributed by atoms with Gasteiger partial charge in [0.25, 0.3) is 0 Å². The molecule has 190 valence electrons. The Balaban J connectivity index is 1.75. The monoisotopic (exact) mass is 486 g/mol. The molecule has 1 N–H and O–H groups in total. The summed E-state index contributed by atoms with van der Waals surface area (Å²) in [6.07, 6.45) is 1.34. The molecule has 0 fully saturated rings. The molecule has 3 rings (SSSR count). The Morgan fingerprint density at radius 2 is 1.47 bits per heavy atom. The van der Waals surface area contributed by atoms with E-state index in [9.17, 15) is 9.59 Å². The zero-order valence-corrected chi connectivity index (χ0v) is 21.7. The highest BCUT2D eigenvalue weighted by Crippen LogP contribution is 2.17. The van der Waals surface area contributed by atoms with Crippen LogP contribution in [0, 0.1) is 12.8 Å². The molecule has 0 bridgehead atoms. The molecule has 1 atom stereocenters. The number of amides is 2. The molecule has 0 heterocycles. The van der Waals surface area contributed by atoms with Crippen LogP contribution in [0.3, 0.4) is 0 Å². The molecule has 3 aromatic carbocycles. The number of carbonyl (C=O) groups excluding carboxylic acids is 2. The molecule has 5 nitrogen and oxygen atoms in total. The van der Waals surface area contributed by atoms with Crippen molar-refractivity contribution in [2.24, 2.45) is 5.92 Å². The number of aryl methyl sites for hydroxylation is 1. The Kier molecular flexibility index (Phi) is 10.6. The van der Waals surface area contributed by atoms with Gasteiger partial charge in [-0.15, -0.1) is 0 Å². The summed E-state index contributed by atoms with van der Waals surface area (Å²) in [5.74, 6) is 0.951. The van der Waals surface area contributed by atoms with Crippen molar-refractivity contribution in [1.82, 2.24) is 10.2 Å². The van der Waals surface area contributed by atoms with Gasteiger partial charge < -0.3 is 15.0 Å². The number of benzene rings is 3. The van der Waals surface area contributed by atoms with Crippen LogP contribution in [0.5, 0.6) is 5.75 Å². The van der Waals surface area contributed by atoms with Gasteiger partial charge in [-0.2, -0.15) is 0 Å². The van der Waals surface area contributed by atoms with Crippen molar-refractivity contribution in [3.8, 4) is 5.75 Å². The van der Waals surface area contributed by atoms with Crippen molar-refractivity contribution >= 4 is 11.8 Å². The maximum atomic E-state index is 13.6. The van der Waals surface area contributed by atoms with E-state index in [2.05, 4.69) is 19.2 Å². The Hall–Kier alpha value is -3.60. The van der Waals surface area contributed by atoms with E-state index >= 15 is 0 Å². The molecular weight excluding hydrogens is 448 g/mol. The summed E-state index contributed by atoms with van der Waals surface area (Å²) < 4.78 is 5.83. The second kappa shape index (κ2) is 14.1. The molecule has 0 aromatic heterocycles. The summed E-state index contributed by atoms with van der Waals surface area (Å²) in [5.41, 5.74) is 3.20. The van der Waals surface area contributed by atoms with Gasteiger partial charge in [-0.1, -0.05) is 92.2 Å². The van der Waals surface area contributed by atoms with Crippen molar-refractivity contribution in [2.75, 3.05) is 13.2 Å². The number of rotatable bonds is 13. The van der Waals surface area contributed by atoms with Crippen molar-refractivity contribution in [3.05, 3.63) is 102 Å². The number of ether oxygens (including phenoxy) is 1. The lowest BCUT2D eigenvalue weighted by Crippen LogP contribution is -2.51. The first-order valence-electron chi connectivity index (χ1n) is 12.8. The molecule has 0 radical (unpaired) electrons. The molecule has 0 aliphatic rings. The fraction of sp³-hybridized carbons (Fsp3) is 0.355. The van der Waals surface area contributed by atoms with Crippen LogP contribution in [0.15, 0.2) is 84.9 Å². The highest BCUT2D eigenvalue weighted by atomic mass is 16.5. The minimum atomic E-state index is -0.600. The number of nitrogens with zero attached hydrogens (tertiary/aromatic N) is 1. The van der Waals surface area contributed by atoms with E-state index in [1.165, 1.54) is 5.56 Å². The van der Waals surface area contributed by atoms with Gasteiger partial charge in [-0.25, -0.2) is 0 Å². The molecule has 0 saturated carbocycles. The number of nitrogens with one attached hydrogen (secondary N) is 1. The molecule has 0 unspecified atom stereocenters. The zero-order chi connectivity index (χ0) is 25.8. The smallest absolute Gasteiger partial charge is 0.243 e. The third-order valence-electron chi connectivity index (χ3n) is 5.98. The van der Waals surface area contributed by atoms with Gasteiger partial charge in [-0.05, 0) is 42.5 Å². The van der Waals surface area contributed by atoms with Crippen LogP contribution >= 0.6 is 0 Å². The first-order valence-corrected chi connectivity index (χ1v) is 12.8. The molecule has 0 aliphatic carbocycles. The maximum absolute atomic E-state index is 13.6. The minimum Gasteiger partial charge on any atom is -0.494 e. The van der Waals surface area contributed by atoms with Crippen LogP contribution in [-0.4, -0.2) is 35.9 Å². The molecule has 0 aliphatic heterocycles. The normalized spacial score (nSPS) is 11.7. The van der Waals surface area contributed by atoms with Gasteiger partial charge in [0.2, 0.25) is 11.8 Å². The maximum Gasteiger partial charge on any atom is 0.243 e. The molecular formula is C31H38N2O3. The minimum absolute atomic E-state index is 0.0491. The number of carbonyl (C=O) groups is 2. The standard InChI is InChI=1S/C31H38N2O3/c1-24(2)22-32-31(35)29(21-26-11-6-4-7-12-26)33(23-27-13-8-5-9-14-27)30(34)15-10-20-36-28-18-16-25(3)17-19-28/h4-9,11-14,16-19,24,29H,10,15,20-23H2,1-3H3,(H,32,35)/t29-/m1/s1. The first-order chi connectivity index (χ1) is 17.4. The average Bonchev–Trinajstić information content (AvgIpc) is 2.89. The van der Waals surface area contributed by atoms with E-state index in [-0.39, 0.29) is 11.8 Å². The Morgan fingerprint density at radius 3 is 2.08 bits per heavy atom. The summed E-state index contributed by atoms with van der Waals surface area (Å²) in [7, 11) is 0. The molecule has 3 aromatic rings. The lowest BCUT2D eigenvalue weighted by Gasteiger charge is -2.32. The van der Waals surface area contributed by atoms with E-state index in [0.717, 1.165) is 16.9 Å². The van der Waals surface area contributed by atoms with Crippen LogP contribution in [0.1, 0.15) is 43.4 Å². The third-order valence-corrected chi connectivity index (χ3v) is 5.98. The summed E-state index contributed by atoms with van der Waals surface area (Å²) in [6.45, 7) is 7.55. The highest BCUT2D eigenvalue weighted by Gasteiger charge is 2.30. The van der Waals surface area contributed by atoms with Crippen molar-refractivity contribution in [1.29, 1.82) is 0 Å². The fourth-order valence-electron chi connectivity index (χ4n) is 3.95. The van der Waals surface area contributed by atoms with Gasteiger partial charge >= 0.3 is 0 Å². The molecule has 36 heavy (non-hydrogen) atoms. The predicted octanol–water partition coefficient (Wildman–Crippen LogP) is 5.57. The van der Waals surface area contributed by atoms with Crippen LogP contribution in [0.25, 0.3) is 0 Å². The fourth-order valence-corrected chi connectivity index (χ4v) is 3.95. The molecule has 0 spiro atoms. The van der Waals surface area contributed by atoms with Gasteiger partial charge in [-0.3, -0.25) is 9.59 Å². The topological polar surface area (TPSA) is 58.6 Å². The summed E-state index contributed by atoms with van der Waals surface area (Å²) >= 11 is 0. The third kappa shape index (κ3) is 8.88. The predicted molar refractivity (Wildman–Crippen MR) is 145 cm³/mol. The van der Waals surface area contributed by atoms with Crippen LogP contribution < -0.4 is 10.1 Å². The quantitative estimate of drug-likeness (QED) is 0.322. The summed E-state index contributed by atoms with van der Waals surface area (Å²) in [4.78, 5) is 28.7. The van der Waals surface area contributed by atoms with E-state index in [1.54, 1.807) is 4.90 Å². The SMILES string of the molecule is Cc1ccc(OCCCC(=O)N(Cc2ccccc2)[C@H](Cc2ccccc2)C(=O)NCC(C)C)cc1. The van der Waals surface area contributed by atoms with Crippen LogP contribution in [0.4, 0.5) is 0 Å². The van der Waals surface area contributed by atoms with Gasteiger partial charge in [0, 0.05) is 25.9 Å². The molecule has 2 amide bonds. The molecule has 5 heteroatoms. The Morgan fingerprint density at radius 1 is 0.861 bits per heavy atom. The van der Waals surface area contributed by atoms with Crippen LogP contribution in [-0.2, 0) is 22.6 Å². The number of hydrogen-bond donors (Lipinski definition) is 1. The largest absolute Gasteiger partial charge is 0.494 e. The second-order valence-electron chi connectivity index (χ2n) is 9.62. The van der Waals surface area contributed by atoms with E-state index in [4.69, 9.17) is 4.74 Å². The van der Waals surface area contributed by atoms with Crippen LogP contribution in [0.2, 0.25) is 0 Å². The highest BCUT2D eigenvalue weighted by molar-refractivity contribution is 5.88. The number of hydrogen-bond acceptors (Lipinski definition) is 3. The van der Waals surface area contributed by atoms with E-state index in [0.29, 0.717) is 44.9 Å². The van der Waals surface area contributed by atoms with Gasteiger partial charge in [0.15, 0.2) is 0 Å². The van der Waals surface area contributed by atoms with Crippen molar-refractivity contribution in [3.63, 3.8) is 0 Å². The van der Waals surface area contributed by atoms with E-state index in [1.807, 2.05) is 91.9 Å². The zero-order valence-electron chi connectivity index (χ0n) is 21.7. The Bertz CT molecular complexity index is 1070.